The highest BCUT2D eigenvalue weighted by molar-refractivity contribution is 6.20. The van der Waals surface area contributed by atoms with Crippen LogP contribution in [0.15, 0.2) is 12.1 Å². The van der Waals surface area contributed by atoms with Crippen LogP contribution in [0.25, 0.3) is 11.0 Å². The second kappa shape index (κ2) is 5.24. The number of methoxy groups -OCH3 is 1. The highest BCUT2D eigenvalue weighted by Gasteiger charge is 2.23. The van der Waals surface area contributed by atoms with Gasteiger partial charge in [0.05, 0.1) is 23.5 Å². The second-order valence-corrected chi connectivity index (χ2v) is 6.12. The number of fused-ring (bicyclic) bond motifs is 1. The van der Waals surface area contributed by atoms with Crippen LogP contribution < -0.4 is 4.74 Å². The SMILES string of the molecule is COc1cc2c(cc1F)nc(C(C)Cl)n2CC1CCC1. The third kappa shape index (κ3) is 2.26. The molecule has 20 heavy (non-hydrogen) atoms. The summed E-state index contributed by atoms with van der Waals surface area (Å²) in [7, 11) is 1.47. The van der Waals surface area contributed by atoms with Crippen LogP contribution in [0.3, 0.4) is 0 Å². The molecule has 1 aliphatic carbocycles. The van der Waals surface area contributed by atoms with Crippen molar-refractivity contribution >= 4 is 22.6 Å². The fourth-order valence-corrected chi connectivity index (χ4v) is 2.90. The van der Waals surface area contributed by atoms with E-state index in [0.29, 0.717) is 11.4 Å². The second-order valence-electron chi connectivity index (χ2n) is 5.47. The molecule has 1 saturated carbocycles. The Balaban J connectivity index is 2.13. The first-order chi connectivity index (χ1) is 9.60. The summed E-state index contributed by atoms with van der Waals surface area (Å²) >= 11 is 6.23. The van der Waals surface area contributed by atoms with Gasteiger partial charge in [-0.3, -0.25) is 0 Å². The smallest absolute Gasteiger partial charge is 0.167 e. The van der Waals surface area contributed by atoms with Gasteiger partial charge >= 0.3 is 0 Å². The first-order valence-corrected chi connectivity index (χ1v) is 7.41. The molecule has 0 amide bonds. The molecule has 2 aromatic rings. The number of rotatable bonds is 4. The minimum Gasteiger partial charge on any atom is -0.494 e. The summed E-state index contributed by atoms with van der Waals surface area (Å²) in [6.07, 6.45) is 3.78. The standard InChI is InChI=1S/C15H18ClFN2O/c1-9(16)15-18-12-6-11(17)14(20-2)7-13(12)19(15)8-10-4-3-5-10/h6-7,9-10H,3-5,8H2,1-2H3. The van der Waals surface area contributed by atoms with E-state index in [1.807, 2.05) is 6.92 Å². The van der Waals surface area contributed by atoms with E-state index in [9.17, 15) is 4.39 Å². The number of ether oxygens (including phenoxy) is 1. The lowest BCUT2D eigenvalue weighted by Gasteiger charge is -2.27. The van der Waals surface area contributed by atoms with Crippen LogP contribution >= 0.6 is 11.6 Å². The van der Waals surface area contributed by atoms with Crippen molar-refractivity contribution in [2.45, 2.75) is 38.1 Å². The molecule has 1 atom stereocenters. The number of halogens is 2. The Hall–Kier alpha value is -1.29. The van der Waals surface area contributed by atoms with Crippen LogP contribution in [0.1, 0.15) is 37.4 Å². The van der Waals surface area contributed by atoms with Crippen LogP contribution in [-0.4, -0.2) is 16.7 Å². The van der Waals surface area contributed by atoms with Gasteiger partial charge in [0, 0.05) is 18.7 Å². The van der Waals surface area contributed by atoms with Crippen LogP contribution in [0.5, 0.6) is 5.75 Å². The average molecular weight is 297 g/mol. The lowest BCUT2D eigenvalue weighted by atomic mass is 9.85. The molecule has 1 unspecified atom stereocenters. The molecule has 0 spiro atoms. The fourth-order valence-electron chi connectivity index (χ4n) is 2.73. The first kappa shape index (κ1) is 13.7. The van der Waals surface area contributed by atoms with Crippen molar-refractivity contribution in [3.05, 3.63) is 23.8 Å². The number of imidazole rings is 1. The minimum atomic E-state index is -0.387. The highest BCUT2D eigenvalue weighted by Crippen LogP contribution is 2.33. The zero-order valence-corrected chi connectivity index (χ0v) is 12.5. The lowest BCUT2D eigenvalue weighted by molar-refractivity contribution is 0.276. The van der Waals surface area contributed by atoms with Gasteiger partial charge in [0.15, 0.2) is 11.6 Å². The summed E-state index contributed by atoms with van der Waals surface area (Å²) in [5, 5.41) is -0.198. The van der Waals surface area contributed by atoms with Crippen LogP contribution in [0, 0.1) is 11.7 Å². The fraction of sp³-hybridized carbons (Fsp3) is 0.533. The third-order valence-electron chi connectivity index (χ3n) is 4.07. The van der Waals surface area contributed by atoms with E-state index in [0.717, 1.165) is 17.9 Å². The van der Waals surface area contributed by atoms with Crippen molar-refractivity contribution in [2.75, 3.05) is 7.11 Å². The Morgan fingerprint density at radius 1 is 1.50 bits per heavy atom. The summed E-state index contributed by atoms with van der Waals surface area (Å²) in [4.78, 5) is 4.50. The molecule has 0 radical (unpaired) electrons. The maximum absolute atomic E-state index is 13.8. The van der Waals surface area contributed by atoms with E-state index in [-0.39, 0.29) is 16.9 Å². The number of hydrogen-bond acceptors (Lipinski definition) is 2. The number of hydrogen-bond donors (Lipinski definition) is 0. The van der Waals surface area contributed by atoms with E-state index >= 15 is 0 Å². The molecular formula is C15H18ClFN2O. The van der Waals surface area contributed by atoms with Crippen molar-refractivity contribution in [2.24, 2.45) is 5.92 Å². The van der Waals surface area contributed by atoms with Crippen LogP contribution in [-0.2, 0) is 6.54 Å². The Morgan fingerprint density at radius 3 is 2.80 bits per heavy atom. The number of nitrogens with zero attached hydrogens (tertiary/aromatic N) is 2. The van der Waals surface area contributed by atoms with Crippen molar-refractivity contribution < 1.29 is 9.13 Å². The molecule has 1 aromatic carbocycles. The molecule has 0 saturated heterocycles. The monoisotopic (exact) mass is 296 g/mol. The maximum Gasteiger partial charge on any atom is 0.167 e. The van der Waals surface area contributed by atoms with Gasteiger partial charge in [0.25, 0.3) is 0 Å². The Bertz CT molecular complexity index is 634. The third-order valence-corrected chi connectivity index (χ3v) is 4.27. The predicted molar refractivity (Wildman–Crippen MR) is 77.9 cm³/mol. The minimum absolute atomic E-state index is 0.198. The number of benzene rings is 1. The average Bonchev–Trinajstić information content (AvgIpc) is 2.70. The molecule has 1 heterocycles. The van der Waals surface area contributed by atoms with Gasteiger partial charge in [-0.15, -0.1) is 11.6 Å². The summed E-state index contributed by atoms with van der Waals surface area (Å²) in [5.74, 6) is 1.35. The van der Waals surface area contributed by atoms with Gasteiger partial charge in [-0.2, -0.15) is 0 Å². The molecule has 108 valence electrons. The molecule has 3 rings (SSSR count). The first-order valence-electron chi connectivity index (χ1n) is 6.98. The van der Waals surface area contributed by atoms with Gasteiger partial charge in [0.1, 0.15) is 5.82 Å². The van der Waals surface area contributed by atoms with E-state index in [1.165, 1.54) is 32.4 Å². The lowest BCUT2D eigenvalue weighted by Crippen LogP contribution is -2.19. The van der Waals surface area contributed by atoms with Gasteiger partial charge in [-0.1, -0.05) is 6.42 Å². The molecule has 0 bridgehead atoms. The Morgan fingerprint density at radius 2 is 2.25 bits per heavy atom. The van der Waals surface area contributed by atoms with Crippen molar-refractivity contribution in [3.8, 4) is 5.75 Å². The van der Waals surface area contributed by atoms with Crippen molar-refractivity contribution in [1.82, 2.24) is 9.55 Å². The van der Waals surface area contributed by atoms with Gasteiger partial charge < -0.3 is 9.30 Å². The normalized spacial score (nSPS) is 17.2. The summed E-state index contributed by atoms with van der Waals surface area (Å²) in [6.45, 7) is 2.80. The molecule has 1 aliphatic rings. The topological polar surface area (TPSA) is 27.1 Å². The molecule has 1 fully saturated rings. The largest absolute Gasteiger partial charge is 0.494 e. The van der Waals surface area contributed by atoms with Crippen LogP contribution in [0.4, 0.5) is 4.39 Å². The van der Waals surface area contributed by atoms with E-state index < -0.39 is 0 Å². The van der Waals surface area contributed by atoms with E-state index in [4.69, 9.17) is 16.3 Å². The van der Waals surface area contributed by atoms with Crippen molar-refractivity contribution in [3.63, 3.8) is 0 Å². The quantitative estimate of drug-likeness (QED) is 0.787. The predicted octanol–water partition coefficient (Wildman–Crippen LogP) is 4.28. The van der Waals surface area contributed by atoms with Gasteiger partial charge in [0.2, 0.25) is 0 Å². The summed E-state index contributed by atoms with van der Waals surface area (Å²) in [5.41, 5.74) is 1.54. The molecule has 0 aliphatic heterocycles. The van der Waals surface area contributed by atoms with E-state index in [2.05, 4.69) is 9.55 Å². The number of alkyl halides is 1. The summed E-state index contributed by atoms with van der Waals surface area (Å²) < 4.78 is 21.0. The van der Waals surface area contributed by atoms with Gasteiger partial charge in [-0.25, -0.2) is 9.37 Å². The van der Waals surface area contributed by atoms with Crippen LogP contribution in [0.2, 0.25) is 0 Å². The molecule has 5 heteroatoms. The van der Waals surface area contributed by atoms with E-state index in [1.54, 1.807) is 6.07 Å². The highest BCUT2D eigenvalue weighted by atomic mass is 35.5. The molecule has 3 nitrogen and oxygen atoms in total. The number of aromatic nitrogens is 2. The zero-order chi connectivity index (χ0) is 14.3. The van der Waals surface area contributed by atoms with Gasteiger partial charge in [-0.05, 0) is 25.7 Å². The zero-order valence-electron chi connectivity index (χ0n) is 11.7. The maximum atomic E-state index is 13.8. The summed E-state index contributed by atoms with van der Waals surface area (Å²) in [6, 6.07) is 3.15. The molecular weight excluding hydrogens is 279 g/mol. The molecule has 1 aromatic heterocycles. The molecule has 0 N–H and O–H groups in total. The Labute approximate surface area is 122 Å². The van der Waals surface area contributed by atoms with Crippen molar-refractivity contribution in [1.29, 1.82) is 0 Å². The Kier molecular flexibility index (Phi) is 3.59.